The lowest BCUT2D eigenvalue weighted by atomic mass is 9.77. The summed E-state index contributed by atoms with van der Waals surface area (Å²) in [4.78, 5) is 0.00160. The van der Waals surface area contributed by atoms with E-state index in [1.54, 1.807) is 12.1 Å². The summed E-state index contributed by atoms with van der Waals surface area (Å²) < 4.78 is 73.9. The summed E-state index contributed by atoms with van der Waals surface area (Å²) in [5, 5.41) is 3.61. The van der Waals surface area contributed by atoms with Gasteiger partial charge in [-0.05, 0) is 72.0 Å². The molecule has 3 aliphatic rings. The molecule has 0 saturated carbocycles. The van der Waals surface area contributed by atoms with E-state index in [2.05, 4.69) is 34.3 Å². The van der Waals surface area contributed by atoms with E-state index >= 15 is 0 Å². The number of halogens is 3. The van der Waals surface area contributed by atoms with Gasteiger partial charge in [-0.2, -0.15) is 24.9 Å². The number of thioether (sulfide) groups is 1. The Kier molecular flexibility index (Phi) is 6.34. The van der Waals surface area contributed by atoms with Crippen LogP contribution in [0.3, 0.4) is 0 Å². The number of benzene rings is 3. The van der Waals surface area contributed by atoms with E-state index in [0.29, 0.717) is 0 Å². The SMILES string of the molecule is O=S(=O)(Nc1cccc(C(F)(F)F)c1)c1ccc2c(c1)[C@H]1C=CC[C@H]1[C@@H](c1cccc(OC3CSC3)c1)N2. The monoisotopic (exact) mass is 558 g/mol. The number of ether oxygens (including phenoxy) is 1. The van der Waals surface area contributed by atoms with Crippen LogP contribution in [-0.2, 0) is 16.2 Å². The van der Waals surface area contributed by atoms with Gasteiger partial charge in [0.15, 0.2) is 0 Å². The Morgan fingerprint density at radius 1 is 1.00 bits per heavy atom. The second kappa shape index (κ2) is 9.57. The minimum Gasteiger partial charge on any atom is -0.489 e. The third-order valence-electron chi connectivity index (χ3n) is 7.21. The highest BCUT2D eigenvalue weighted by Crippen LogP contribution is 2.50. The van der Waals surface area contributed by atoms with Gasteiger partial charge < -0.3 is 10.1 Å². The van der Waals surface area contributed by atoms with E-state index in [-0.39, 0.29) is 34.6 Å². The van der Waals surface area contributed by atoms with Gasteiger partial charge in [0.1, 0.15) is 11.9 Å². The smallest absolute Gasteiger partial charge is 0.416 e. The first-order chi connectivity index (χ1) is 18.2. The fraction of sp³-hybridized carbons (Fsp3) is 0.286. The Labute approximate surface area is 223 Å². The Bertz CT molecular complexity index is 1500. The molecule has 0 amide bonds. The Morgan fingerprint density at radius 3 is 2.58 bits per heavy atom. The van der Waals surface area contributed by atoms with Crippen LogP contribution in [0.25, 0.3) is 0 Å². The summed E-state index contributed by atoms with van der Waals surface area (Å²) in [6, 6.07) is 17.2. The largest absolute Gasteiger partial charge is 0.489 e. The molecule has 5 nitrogen and oxygen atoms in total. The van der Waals surface area contributed by atoms with Gasteiger partial charge in [0.25, 0.3) is 10.0 Å². The van der Waals surface area contributed by atoms with Crippen molar-refractivity contribution in [2.24, 2.45) is 5.92 Å². The zero-order chi connectivity index (χ0) is 26.5. The quantitative estimate of drug-likeness (QED) is 0.325. The molecular weight excluding hydrogens is 533 g/mol. The third-order valence-corrected chi connectivity index (χ3v) is 9.81. The average molecular weight is 559 g/mol. The maximum absolute atomic E-state index is 13.1. The standard InChI is InChI=1S/C28H25F3N2O3S2/c29-28(30,31)18-5-2-6-19(13-18)33-38(34,35)22-10-11-26-25(14-22)23-8-3-9-24(23)27(32-26)17-4-1-7-20(12-17)36-21-15-37-16-21/h1-8,10-14,21,23-24,27,32-33H,9,15-16H2/t23-,24+,27+/m0/s1. The summed E-state index contributed by atoms with van der Waals surface area (Å²) >= 11 is 1.87. The van der Waals surface area contributed by atoms with Gasteiger partial charge in [0.2, 0.25) is 0 Å². The van der Waals surface area contributed by atoms with Gasteiger partial charge in [-0.25, -0.2) is 8.42 Å². The molecule has 2 heterocycles. The zero-order valence-corrected chi connectivity index (χ0v) is 21.7. The number of fused-ring (bicyclic) bond motifs is 3. The number of allylic oxidation sites excluding steroid dienone is 2. The number of rotatable bonds is 6. The van der Waals surface area contributed by atoms with Crippen molar-refractivity contribution in [3.63, 3.8) is 0 Å². The highest BCUT2D eigenvalue weighted by Gasteiger charge is 2.39. The Balaban J connectivity index is 1.27. The lowest BCUT2D eigenvalue weighted by Crippen LogP contribution is -2.31. The van der Waals surface area contributed by atoms with Crippen LogP contribution in [0.15, 0.2) is 83.8 Å². The number of anilines is 2. The van der Waals surface area contributed by atoms with Crippen molar-refractivity contribution in [2.75, 3.05) is 21.5 Å². The van der Waals surface area contributed by atoms with E-state index in [4.69, 9.17) is 4.74 Å². The van der Waals surface area contributed by atoms with Crippen LogP contribution in [0.2, 0.25) is 0 Å². The molecule has 0 aromatic heterocycles. The summed E-state index contributed by atoms with van der Waals surface area (Å²) in [5.41, 5.74) is 1.74. The number of hydrogen-bond donors (Lipinski definition) is 2. The first-order valence-corrected chi connectivity index (χ1v) is 14.9. The predicted octanol–water partition coefficient (Wildman–Crippen LogP) is 6.83. The van der Waals surface area contributed by atoms with Gasteiger partial charge in [0.05, 0.1) is 16.5 Å². The zero-order valence-electron chi connectivity index (χ0n) is 20.1. The van der Waals surface area contributed by atoms with E-state index in [9.17, 15) is 21.6 Å². The Morgan fingerprint density at radius 2 is 1.82 bits per heavy atom. The van der Waals surface area contributed by atoms with Crippen LogP contribution in [0.4, 0.5) is 24.5 Å². The molecule has 10 heteroatoms. The van der Waals surface area contributed by atoms with E-state index in [1.165, 1.54) is 18.2 Å². The molecule has 1 fully saturated rings. The van der Waals surface area contributed by atoms with Gasteiger partial charge in [-0.3, -0.25) is 4.72 Å². The molecule has 1 aliphatic carbocycles. The normalized spacial score (nSPS) is 22.7. The van der Waals surface area contributed by atoms with E-state index < -0.39 is 21.8 Å². The van der Waals surface area contributed by atoms with Gasteiger partial charge in [-0.1, -0.05) is 30.4 Å². The van der Waals surface area contributed by atoms with Crippen molar-refractivity contribution in [2.45, 2.75) is 35.6 Å². The Hall–Kier alpha value is -3.11. The molecule has 198 valence electrons. The third kappa shape index (κ3) is 4.87. The lowest BCUT2D eigenvalue weighted by Gasteiger charge is -2.38. The van der Waals surface area contributed by atoms with Crippen molar-refractivity contribution < 1.29 is 26.3 Å². The van der Waals surface area contributed by atoms with Crippen molar-refractivity contribution in [1.29, 1.82) is 0 Å². The van der Waals surface area contributed by atoms with Crippen molar-refractivity contribution in [1.82, 2.24) is 0 Å². The number of sulfonamides is 1. The first-order valence-electron chi connectivity index (χ1n) is 12.3. The molecule has 2 aliphatic heterocycles. The molecule has 38 heavy (non-hydrogen) atoms. The first kappa shape index (κ1) is 25.2. The van der Waals surface area contributed by atoms with Crippen LogP contribution in [-0.4, -0.2) is 26.0 Å². The van der Waals surface area contributed by atoms with Gasteiger partial charge >= 0.3 is 6.18 Å². The summed E-state index contributed by atoms with van der Waals surface area (Å²) in [6.45, 7) is 0. The highest BCUT2D eigenvalue weighted by atomic mass is 32.2. The van der Waals surface area contributed by atoms with Crippen LogP contribution in [0.5, 0.6) is 5.75 Å². The minimum atomic E-state index is -4.57. The predicted molar refractivity (Wildman–Crippen MR) is 143 cm³/mol. The molecule has 0 unspecified atom stereocenters. The highest BCUT2D eigenvalue weighted by molar-refractivity contribution is 8.00. The maximum atomic E-state index is 13.1. The van der Waals surface area contributed by atoms with Crippen LogP contribution in [0, 0.1) is 5.92 Å². The van der Waals surface area contributed by atoms with Crippen molar-refractivity contribution in [3.8, 4) is 5.75 Å². The molecule has 1 saturated heterocycles. The number of hydrogen-bond acceptors (Lipinski definition) is 5. The number of alkyl halides is 3. The second-order valence-electron chi connectivity index (χ2n) is 9.76. The topological polar surface area (TPSA) is 67.4 Å². The van der Waals surface area contributed by atoms with Gasteiger partial charge in [0, 0.05) is 28.8 Å². The second-order valence-corrected chi connectivity index (χ2v) is 12.5. The van der Waals surface area contributed by atoms with Crippen LogP contribution < -0.4 is 14.8 Å². The lowest BCUT2D eigenvalue weighted by molar-refractivity contribution is -0.137. The molecule has 3 atom stereocenters. The van der Waals surface area contributed by atoms with E-state index in [1.807, 2.05) is 23.9 Å². The fourth-order valence-electron chi connectivity index (χ4n) is 5.30. The minimum absolute atomic E-state index is 0.00160. The summed E-state index contributed by atoms with van der Waals surface area (Å²) in [7, 11) is -4.11. The average Bonchev–Trinajstić information content (AvgIpc) is 3.35. The molecule has 3 aromatic rings. The summed E-state index contributed by atoms with van der Waals surface area (Å²) in [6.07, 6.45) is 0.751. The molecule has 3 aromatic carbocycles. The summed E-state index contributed by atoms with van der Waals surface area (Å²) in [5.74, 6) is 3.05. The van der Waals surface area contributed by atoms with Crippen LogP contribution in [0.1, 0.15) is 35.1 Å². The molecule has 6 rings (SSSR count). The molecule has 0 spiro atoms. The van der Waals surface area contributed by atoms with Crippen molar-refractivity contribution in [3.05, 3.63) is 95.6 Å². The molecule has 0 radical (unpaired) electrons. The fourth-order valence-corrected chi connectivity index (χ4v) is 6.95. The van der Waals surface area contributed by atoms with Crippen molar-refractivity contribution >= 4 is 33.2 Å². The molecular formula is C28H25F3N2O3S2. The molecule has 0 bridgehead atoms. The molecule has 2 N–H and O–H groups in total. The van der Waals surface area contributed by atoms with E-state index in [0.717, 1.165) is 52.6 Å². The van der Waals surface area contributed by atoms with Gasteiger partial charge in [-0.15, -0.1) is 0 Å². The maximum Gasteiger partial charge on any atom is 0.416 e. The van der Waals surface area contributed by atoms with Crippen LogP contribution >= 0.6 is 11.8 Å². The number of nitrogens with one attached hydrogen (secondary N) is 2.